The highest BCUT2D eigenvalue weighted by molar-refractivity contribution is 14.1. The van der Waals surface area contributed by atoms with Gasteiger partial charge >= 0.3 is 0 Å². The zero-order valence-electron chi connectivity index (χ0n) is 11.7. The summed E-state index contributed by atoms with van der Waals surface area (Å²) in [6.07, 6.45) is 3.51. The predicted octanol–water partition coefficient (Wildman–Crippen LogP) is 3.46. The average Bonchev–Trinajstić information content (AvgIpc) is 2.87. The van der Waals surface area contributed by atoms with Gasteiger partial charge in [-0.1, -0.05) is 0 Å². The molecule has 0 radical (unpaired) electrons. The van der Waals surface area contributed by atoms with Crippen LogP contribution in [0.4, 0.5) is 5.69 Å². The largest absolute Gasteiger partial charge is 0.378 e. The van der Waals surface area contributed by atoms with E-state index in [0.29, 0.717) is 11.1 Å². The molecule has 21 heavy (non-hydrogen) atoms. The number of carbonyl (C=O) groups is 1. The van der Waals surface area contributed by atoms with Gasteiger partial charge in [0.15, 0.2) is 5.78 Å². The number of nitrogens with one attached hydrogen (secondary N) is 1. The maximum Gasteiger partial charge on any atom is 0.194 e. The Morgan fingerprint density at radius 1 is 1.19 bits per heavy atom. The number of H-pyrrole nitrogens is 1. The molecule has 0 bridgehead atoms. The van der Waals surface area contributed by atoms with E-state index in [9.17, 15) is 4.79 Å². The number of nitrogens with zero attached hydrogens (tertiary/aromatic N) is 2. The smallest absolute Gasteiger partial charge is 0.194 e. The van der Waals surface area contributed by atoms with Crippen LogP contribution in [0.25, 0.3) is 11.0 Å². The summed E-state index contributed by atoms with van der Waals surface area (Å²) in [5.74, 6) is -0.00768. The van der Waals surface area contributed by atoms with Crippen molar-refractivity contribution in [3.05, 3.63) is 57.4 Å². The zero-order valence-corrected chi connectivity index (χ0v) is 13.9. The Labute approximate surface area is 136 Å². The van der Waals surface area contributed by atoms with Gasteiger partial charge in [0.05, 0.1) is 0 Å². The molecule has 0 fully saturated rings. The van der Waals surface area contributed by atoms with Crippen molar-refractivity contribution < 1.29 is 4.79 Å². The van der Waals surface area contributed by atoms with E-state index < -0.39 is 0 Å². The van der Waals surface area contributed by atoms with E-state index in [1.54, 1.807) is 6.20 Å². The molecule has 0 atom stereocenters. The van der Waals surface area contributed by atoms with Gasteiger partial charge in [0.2, 0.25) is 0 Å². The van der Waals surface area contributed by atoms with Crippen molar-refractivity contribution in [2.24, 2.45) is 0 Å². The lowest BCUT2D eigenvalue weighted by Gasteiger charge is -2.12. The Morgan fingerprint density at radius 2 is 1.90 bits per heavy atom. The molecular formula is C16H14IN3O. The van der Waals surface area contributed by atoms with Crippen molar-refractivity contribution in [1.82, 2.24) is 9.97 Å². The van der Waals surface area contributed by atoms with Crippen LogP contribution >= 0.6 is 22.6 Å². The first kappa shape index (κ1) is 14.1. The molecule has 106 valence electrons. The molecule has 0 aliphatic heterocycles. The summed E-state index contributed by atoms with van der Waals surface area (Å²) in [6.45, 7) is 0. The van der Waals surface area contributed by atoms with E-state index in [0.717, 1.165) is 20.3 Å². The molecule has 1 aromatic carbocycles. The quantitative estimate of drug-likeness (QED) is 0.550. The summed E-state index contributed by atoms with van der Waals surface area (Å²) >= 11 is 2.23. The number of hydrogen-bond donors (Lipinski definition) is 1. The number of fused-ring (bicyclic) bond motifs is 1. The maximum absolute atomic E-state index is 12.5. The average molecular weight is 391 g/mol. The van der Waals surface area contributed by atoms with Gasteiger partial charge in [-0.25, -0.2) is 4.98 Å². The van der Waals surface area contributed by atoms with Crippen LogP contribution in [-0.2, 0) is 0 Å². The number of halogens is 1. The van der Waals surface area contributed by atoms with Crippen molar-refractivity contribution in [2.75, 3.05) is 19.0 Å². The molecule has 3 rings (SSSR count). The molecule has 5 heteroatoms. The van der Waals surface area contributed by atoms with E-state index in [1.807, 2.05) is 55.5 Å². The zero-order chi connectivity index (χ0) is 15.0. The van der Waals surface area contributed by atoms with Crippen LogP contribution in [0.15, 0.2) is 42.7 Å². The highest BCUT2D eigenvalue weighted by atomic mass is 127. The van der Waals surface area contributed by atoms with Gasteiger partial charge in [-0.2, -0.15) is 0 Å². The summed E-state index contributed by atoms with van der Waals surface area (Å²) in [6, 6.07) is 9.48. The van der Waals surface area contributed by atoms with Gasteiger partial charge in [-0.05, 0) is 52.9 Å². The molecule has 2 heterocycles. The summed E-state index contributed by atoms with van der Waals surface area (Å²) in [5.41, 5.74) is 3.16. The molecule has 0 saturated carbocycles. The Balaban J connectivity index is 1.97. The van der Waals surface area contributed by atoms with E-state index >= 15 is 0 Å². The third-order valence-corrected chi connectivity index (χ3v) is 4.28. The summed E-state index contributed by atoms with van der Waals surface area (Å²) in [5, 5.41) is 0.978. The van der Waals surface area contributed by atoms with E-state index in [-0.39, 0.29) is 5.78 Å². The van der Waals surface area contributed by atoms with Crippen molar-refractivity contribution in [1.29, 1.82) is 0 Å². The number of pyridine rings is 1. The monoisotopic (exact) mass is 391 g/mol. The van der Waals surface area contributed by atoms with Gasteiger partial charge in [0.1, 0.15) is 5.65 Å². The number of hydrogen-bond acceptors (Lipinski definition) is 3. The molecule has 0 spiro atoms. The number of carbonyl (C=O) groups excluding carboxylic acids is 1. The first-order valence-corrected chi connectivity index (χ1v) is 7.59. The summed E-state index contributed by atoms with van der Waals surface area (Å²) in [4.78, 5) is 21.9. The van der Waals surface area contributed by atoms with Crippen LogP contribution in [0, 0.1) is 3.57 Å². The Morgan fingerprint density at radius 3 is 2.57 bits per heavy atom. The SMILES string of the molecule is CN(C)c1ccc(C(=O)c2cnc3[nH]cc(I)c3c2)cc1. The fourth-order valence-electron chi connectivity index (χ4n) is 2.17. The van der Waals surface area contributed by atoms with Gasteiger partial charge < -0.3 is 9.88 Å². The molecular weight excluding hydrogens is 377 g/mol. The minimum atomic E-state index is -0.00768. The van der Waals surface area contributed by atoms with Gasteiger partial charge in [-0.15, -0.1) is 0 Å². The Kier molecular flexibility index (Phi) is 3.67. The minimum absolute atomic E-state index is 0.00768. The normalized spacial score (nSPS) is 10.8. The molecule has 2 aromatic heterocycles. The fourth-order valence-corrected chi connectivity index (χ4v) is 2.74. The molecule has 0 aliphatic carbocycles. The maximum atomic E-state index is 12.5. The first-order valence-electron chi connectivity index (χ1n) is 6.51. The van der Waals surface area contributed by atoms with Crippen LogP contribution < -0.4 is 4.90 Å². The number of rotatable bonds is 3. The molecule has 0 unspecified atom stereocenters. The molecule has 0 saturated heterocycles. The summed E-state index contributed by atoms with van der Waals surface area (Å²) in [7, 11) is 3.95. The molecule has 0 aliphatic rings. The van der Waals surface area contributed by atoms with E-state index in [1.165, 1.54) is 0 Å². The highest BCUT2D eigenvalue weighted by Crippen LogP contribution is 2.21. The van der Waals surface area contributed by atoms with Crippen molar-refractivity contribution in [3.8, 4) is 0 Å². The molecule has 1 N–H and O–H groups in total. The molecule has 3 aromatic rings. The number of anilines is 1. The van der Waals surface area contributed by atoms with Crippen LogP contribution in [0.5, 0.6) is 0 Å². The second-order valence-electron chi connectivity index (χ2n) is 5.03. The van der Waals surface area contributed by atoms with Gasteiger partial charge in [-0.3, -0.25) is 4.79 Å². The van der Waals surface area contributed by atoms with E-state index in [4.69, 9.17) is 0 Å². The van der Waals surface area contributed by atoms with Crippen LogP contribution in [0.2, 0.25) is 0 Å². The van der Waals surface area contributed by atoms with Gasteiger partial charge in [0.25, 0.3) is 0 Å². The predicted molar refractivity (Wildman–Crippen MR) is 93.0 cm³/mol. The third-order valence-electron chi connectivity index (χ3n) is 3.39. The topological polar surface area (TPSA) is 49.0 Å². The summed E-state index contributed by atoms with van der Waals surface area (Å²) < 4.78 is 1.06. The number of benzene rings is 1. The highest BCUT2D eigenvalue weighted by Gasteiger charge is 2.12. The Hall–Kier alpha value is -1.89. The molecule has 4 nitrogen and oxygen atoms in total. The second kappa shape index (κ2) is 5.48. The Bertz CT molecular complexity index is 806. The molecule has 0 amide bonds. The fraction of sp³-hybridized carbons (Fsp3) is 0.125. The van der Waals surface area contributed by atoms with Crippen LogP contribution in [-0.4, -0.2) is 29.8 Å². The lowest BCUT2D eigenvalue weighted by molar-refractivity contribution is 0.103. The lowest BCUT2D eigenvalue weighted by atomic mass is 10.0. The third kappa shape index (κ3) is 2.65. The van der Waals surface area contributed by atoms with Crippen LogP contribution in [0.1, 0.15) is 15.9 Å². The lowest BCUT2D eigenvalue weighted by Crippen LogP contribution is -2.09. The number of aromatic nitrogens is 2. The van der Waals surface area contributed by atoms with Crippen molar-refractivity contribution >= 4 is 45.1 Å². The number of aromatic amines is 1. The first-order chi connectivity index (χ1) is 10.1. The minimum Gasteiger partial charge on any atom is -0.378 e. The van der Waals surface area contributed by atoms with Gasteiger partial charge in [0, 0.05) is 52.3 Å². The standard InChI is InChI=1S/C16H14IN3O/c1-20(2)12-5-3-10(4-6-12)15(21)11-7-13-14(17)9-19-16(13)18-8-11/h3-9H,1-2H3,(H,18,19). The van der Waals surface area contributed by atoms with Crippen molar-refractivity contribution in [3.63, 3.8) is 0 Å². The van der Waals surface area contributed by atoms with Crippen molar-refractivity contribution in [2.45, 2.75) is 0 Å². The number of ketones is 1. The second-order valence-corrected chi connectivity index (χ2v) is 6.19. The van der Waals surface area contributed by atoms with Crippen LogP contribution in [0.3, 0.4) is 0 Å². The van der Waals surface area contributed by atoms with E-state index in [2.05, 4.69) is 32.6 Å².